The third kappa shape index (κ3) is 3.21. The largest absolute Gasteiger partial charge is 0.497 e. The molecule has 2 aromatic heterocycles. The number of methoxy groups -OCH3 is 1. The maximum atomic E-state index is 12.1. The first kappa shape index (κ1) is 15.1. The Morgan fingerprint density at radius 1 is 1.35 bits per heavy atom. The molecular formula is C17H20N4O2. The van der Waals surface area contributed by atoms with Crippen LogP contribution in [0.25, 0.3) is 10.9 Å². The topological polar surface area (TPSA) is 71.9 Å². The zero-order chi connectivity index (χ0) is 16.4. The Bertz CT molecular complexity index is 832. The monoisotopic (exact) mass is 312 g/mol. The molecule has 3 rings (SSSR count). The third-order valence-electron chi connectivity index (χ3n) is 3.69. The van der Waals surface area contributed by atoms with E-state index in [9.17, 15) is 4.79 Å². The minimum Gasteiger partial charge on any atom is -0.497 e. The summed E-state index contributed by atoms with van der Waals surface area (Å²) < 4.78 is 6.98. The van der Waals surface area contributed by atoms with Crippen LogP contribution >= 0.6 is 0 Å². The molecule has 0 aliphatic heterocycles. The standard InChI is InChI=1S/C17H20N4O2/c1-11(2)21-7-6-16(20-21)17(22)18-10-13-8-12-9-14(23-3)4-5-15(12)19-13/h4-9,11,19H,10H2,1-3H3,(H,18,22). The number of carbonyl (C=O) groups is 1. The minimum atomic E-state index is -0.180. The van der Waals surface area contributed by atoms with Crippen molar-refractivity contribution in [1.29, 1.82) is 0 Å². The van der Waals surface area contributed by atoms with Crippen LogP contribution in [-0.4, -0.2) is 27.8 Å². The summed E-state index contributed by atoms with van der Waals surface area (Å²) in [6.07, 6.45) is 1.81. The van der Waals surface area contributed by atoms with Crippen LogP contribution in [-0.2, 0) is 6.54 Å². The van der Waals surface area contributed by atoms with E-state index in [0.29, 0.717) is 12.2 Å². The van der Waals surface area contributed by atoms with Gasteiger partial charge in [0.15, 0.2) is 0 Å². The van der Waals surface area contributed by atoms with Crippen LogP contribution in [0.5, 0.6) is 5.75 Å². The van der Waals surface area contributed by atoms with E-state index >= 15 is 0 Å². The SMILES string of the molecule is COc1ccc2[nH]c(CNC(=O)c3ccn(C(C)C)n3)cc2c1. The number of amides is 1. The van der Waals surface area contributed by atoms with Gasteiger partial charge in [0.25, 0.3) is 5.91 Å². The number of ether oxygens (including phenoxy) is 1. The molecule has 0 saturated heterocycles. The van der Waals surface area contributed by atoms with Gasteiger partial charge in [-0.1, -0.05) is 0 Å². The highest BCUT2D eigenvalue weighted by molar-refractivity contribution is 5.92. The van der Waals surface area contributed by atoms with E-state index in [1.165, 1.54) is 0 Å². The fourth-order valence-electron chi connectivity index (χ4n) is 2.41. The molecular weight excluding hydrogens is 292 g/mol. The van der Waals surface area contributed by atoms with Crippen molar-refractivity contribution >= 4 is 16.8 Å². The average molecular weight is 312 g/mol. The highest BCUT2D eigenvalue weighted by Gasteiger charge is 2.11. The van der Waals surface area contributed by atoms with Crippen molar-refractivity contribution < 1.29 is 9.53 Å². The summed E-state index contributed by atoms with van der Waals surface area (Å²) >= 11 is 0. The lowest BCUT2D eigenvalue weighted by molar-refractivity contribution is 0.0944. The van der Waals surface area contributed by atoms with Gasteiger partial charge in [-0.05, 0) is 44.2 Å². The second-order valence-electron chi connectivity index (χ2n) is 5.71. The number of H-pyrrole nitrogens is 1. The Hall–Kier alpha value is -2.76. The average Bonchev–Trinajstić information content (AvgIpc) is 3.18. The molecule has 6 nitrogen and oxygen atoms in total. The summed E-state index contributed by atoms with van der Waals surface area (Å²) in [5, 5.41) is 8.20. The fraction of sp³-hybridized carbons (Fsp3) is 0.294. The van der Waals surface area contributed by atoms with Gasteiger partial charge in [-0.2, -0.15) is 5.10 Å². The van der Waals surface area contributed by atoms with Crippen LogP contribution in [0.2, 0.25) is 0 Å². The predicted octanol–water partition coefficient (Wildman–Crippen LogP) is 2.88. The Kier molecular flexibility index (Phi) is 4.06. The van der Waals surface area contributed by atoms with Crippen molar-refractivity contribution in [3.63, 3.8) is 0 Å². The molecule has 120 valence electrons. The highest BCUT2D eigenvalue weighted by atomic mass is 16.5. The number of hydrogen-bond donors (Lipinski definition) is 2. The van der Waals surface area contributed by atoms with E-state index in [4.69, 9.17) is 4.74 Å². The summed E-state index contributed by atoms with van der Waals surface area (Å²) in [6.45, 7) is 4.46. The van der Waals surface area contributed by atoms with Crippen molar-refractivity contribution in [2.75, 3.05) is 7.11 Å². The number of hydrogen-bond acceptors (Lipinski definition) is 3. The summed E-state index contributed by atoms with van der Waals surface area (Å²) in [6, 6.07) is 9.79. The van der Waals surface area contributed by atoms with Crippen LogP contribution in [0, 0.1) is 0 Å². The van der Waals surface area contributed by atoms with Crippen LogP contribution in [0.4, 0.5) is 0 Å². The second-order valence-corrected chi connectivity index (χ2v) is 5.71. The van der Waals surface area contributed by atoms with Gasteiger partial charge >= 0.3 is 0 Å². The number of aromatic amines is 1. The molecule has 0 unspecified atom stereocenters. The maximum absolute atomic E-state index is 12.1. The van der Waals surface area contributed by atoms with Crippen molar-refractivity contribution in [2.45, 2.75) is 26.4 Å². The smallest absolute Gasteiger partial charge is 0.272 e. The fourth-order valence-corrected chi connectivity index (χ4v) is 2.41. The van der Waals surface area contributed by atoms with E-state index in [-0.39, 0.29) is 11.9 Å². The number of aromatic nitrogens is 3. The van der Waals surface area contributed by atoms with Crippen molar-refractivity contribution in [2.24, 2.45) is 0 Å². The molecule has 23 heavy (non-hydrogen) atoms. The summed E-state index contributed by atoms with van der Waals surface area (Å²) in [5.41, 5.74) is 2.38. The molecule has 1 aromatic carbocycles. The summed E-state index contributed by atoms with van der Waals surface area (Å²) in [4.78, 5) is 15.4. The lowest BCUT2D eigenvalue weighted by atomic mass is 10.2. The molecule has 0 aliphatic rings. The molecule has 2 N–H and O–H groups in total. The van der Waals surface area contributed by atoms with Gasteiger partial charge in [-0.15, -0.1) is 0 Å². The minimum absolute atomic E-state index is 0.180. The van der Waals surface area contributed by atoms with Gasteiger partial charge in [0.2, 0.25) is 0 Å². The normalized spacial score (nSPS) is 11.1. The first-order chi connectivity index (χ1) is 11.1. The van der Waals surface area contributed by atoms with E-state index in [1.54, 1.807) is 17.9 Å². The van der Waals surface area contributed by atoms with Crippen LogP contribution in [0.3, 0.4) is 0 Å². The first-order valence-electron chi connectivity index (χ1n) is 7.56. The number of nitrogens with zero attached hydrogens (tertiary/aromatic N) is 2. The Labute approximate surface area is 134 Å². The molecule has 2 heterocycles. The lowest BCUT2D eigenvalue weighted by Crippen LogP contribution is -2.23. The summed E-state index contributed by atoms with van der Waals surface area (Å²) in [5.74, 6) is 0.631. The molecule has 0 bridgehead atoms. The Balaban J connectivity index is 1.68. The van der Waals surface area contributed by atoms with Gasteiger partial charge in [-0.25, -0.2) is 0 Å². The van der Waals surface area contributed by atoms with Crippen LogP contribution in [0.15, 0.2) is 36.5 Å². The first-order valence-corrected chi connectivity index (χ1v) is 7.56. The summed E-state index contributed by atoms with van der Waals surface area (Å²) in [7, 11) is 1.64. The molecule has 0 radical (unpaired) electrons. The van der Waals surface area contributed by atoms with Gasteiger partial charge in [0.1, 0.15) is 11.4 Å². The van der Waals surface area contributed by atoms with Gasteiger partial charge in [0.05, 0.1) is 13.7 Å². The van der Waals surface area contributed by atoms with E-state index in [1.807, 2.05) is 44.3 Å². The third-order valence-corrected chi connectivity index (χ3v) is 3.69. The van der Waals surface area contributed by atoms with E-state index < -0.39 is 0 Å². The number of carbonyl (C=O) groups excluding carboxylic acids is 1. The van der Waals surface area contributed by atoms with Crippen molar-refractivity contribution in [3.8, 4) is 5.75 Å². The molecule has 0 atom stereocenters. The molecule has 0 aliphatic carbocycles. The zero-order valence-electron chi connectivity index (χ0n) is 13.5. The molecule has 1 amide bonds. The number of rotatable bonds is 5. The van der Waals surface area contributed by atoms with Crippen molar-refractivity contribution in [1.82, 2.24) is 20.1 Å². The van der Waals surface area contributed by atoms with E-state index in [0.717, 1.165) is 22.3 Å². The molecule has 0 saturated carbocycles. The second kappa shape index (κ2) is 6.16. The molecule has 0 spiro atoms. The highest BCUT2D eigenvalue weighted by Crippen LogP contribution is 2.21. The maximum Gasteiger partial charge on any atom is 0.272 e. The van der Waals surface area contributed by atoms with E-state index in [2.05, 4.69) is 15.4 Å². The predicted molar refractivity (Wildman–Crippen MR) is 88.6 cm³/mol. The lowest BCUT2D eigenvalue weighted by Gasteiger charge is -2.04. The Morgan fingerprint density at radius 3 is 2.87 bits per heavy atom. The quantitative estimate of drug-likeness (QED) is 0.761. The van der Waals surface area contributed by atoms with Gasteiger partial charge < -0.3 is 15.0 Å². The van der Waals surface area contributed by atoms with Crippen LogP contribution < -0.4 is 10.1 Å². The van der Waals surface area contributed by atoms with Crippen LogP contribution in [0.1, 0.15) is 36.1 Å². The van der Waals surface area contributed by atoms with Gasteiger partial charge in [-0.3, -0.25) is 9.48 Å². The number of nitrogens with one attached hydrogen (secondary N) is 2. The zero-order valence-corrected chi connectivity index (χ0v) is 13.5. The molecule has 3 aromatic rings. The Morgan fingerprint density at radius 2 is 2.17 bits per heavy atom. The van der Waals surface area contributed by atoms with Gasteiger partial charge in [0, 0.05) is 28.8 Å². The van der Waals surface area contributed by atoms with Crippen molar-refractivity contribution in [3.05, 3.63) is 47.9 Å². The molecule has 0 fully saturated rings. The number of benzene rings is 1. The molecule has 6 heteroatoms. The number of fused-ring (bicyclic) bond motifs is 1.